The number of benzene rings is 1. The number of hydrogen-bond donors (Lipinski definition) is 1. The maximum Gasteiger partial charge on any atom is 0.410 e. The summed E-state index contributed by atoms with van der Waals surface area (Å²) in [5, 5.41) is 9.62. The molecule has 1 amide bonds. The minimum absolute atomic E-state index is 0.159. The summed E-state index contributed by atoms with van der Waals surface area (Å²) in [6.45, 7) is 10.9. The number of rotatable bonds is 5. The lowest BCUT2D eigenvalue weighted by Crippen LogP contribution is -2.50. The Morgan fingerprint density at radius 1 is 1.07 bits per heavy atom. The second-order valence-electron chi connectivity index (χ2n) is 13.1. The highest BCUT2D eigenvalue weighted by Gasteiger charge is 2.32. The Morgan fingerprint density at radius 3 is 2.56 bits per heavy atom. The number of halogens is 1. The van der Waals surface area contributed by atoms with Crippen molar-refractivity contribution >= 4 is 39.8 Å². The molecule has 10 nitrogen and oxygen atoms in total. The fourth-order valence-electron chi connectivity index (χ4n) is 6.26. The van der Waals surface area contributed by atoms with Crippen LogP contribution >= 0.6 is 0 Å². The minimum Gasteiger partial charge on any atom is -0.444 e. The summed E-state index contributed by atoms with van der Waals surface area (Å²) < 4.78 is 30.6. The van der Waals surface area contributed by atoms with E-state index >= 15 is 4.39 Å². The van der Waals surface area contributed by atoms with Crippen LogP contribution in [0.25, 0.3) is 16.6 Å². The molecular formula is C32H40FN7O3. The van der Waals surface area contributed by atoms with Crippen molar-refractivity contribution in [2.45, 2.75) is 77.5 Å². The standard InChI is InChI=1S/C32H40FN7O3/c1-20-18-39-19-22(15-25(33)30(39)34-20)35-29-28-24(21-8-9-21)16-23(17-26(28)40(36-29)27-7-5-6-14-42-27)37-10-12-38(13-11-37)31(41)43-32(2,3)4/h15-19,21,27H,5-14H2,1-4H3,(H,35,36). The van der Waals surface area contributed by atoms with Crippen LogP contribution in [0.15, 0.2) is 30.6 Å². The molecule has 43 heavy (non-hydrogen) atoms. The average molecular weight is 590 g/mol. The molecule has 2 aliphatic heterocycles. The van der Waals surface area contributed by atoms with Crippen molar-refractivity contribution in [1.82, 2.24) is 24.1 Å². The molecule has 1 unspecified atom stereocenters. The maximum atomic E-state index is 15.0. The Hall–Kier alpha value is -3.86. The first-order valence-corrected chi connectivity index (χ1v) is 15.5. The van der Waals surface area contributed by atoms with Gasteiger partial charge in [-0.2, -0.15) is 5.10 Å². The van der Waals surface area contributed by atoms with E-state index in [0.717, 1.165) is 67.5 Å². The predicted molar refractivity (Wildman–Crippen MR) is 164 cm³/mol. The number of hydrogen-bond acceptors (Lipinski definition) is 7. The highest BCUT2D eigenvalue weighted by molar-refractivity contribution is 5.97. The second-order valence-corrected chi connectivity index (χ2v) is 13.1. The Morgan fingerprint density at radius 2 is 1.86 bits per heavy atom. The third-order valence-electron chi connectivity index (χ3n) is 8.46. The molecule has 1 aromatic carbocycles. The van der Waals surface area contributed by atoms with Crippen molar-refractivity contribution in [2.75, 3.05) is 43.0 Å². The number of aryl methyl sites for hydroxylation is 1. The minimum atomic E-state index is -0.515. The lowest BCUT2D eigenvalue weighted by atomic mass is 10.0. The molecule has 228 valence electrons. The number of imidazole rings is 1. The van der Waals surface area contributed by atoms with Crippen LogP contribution in [-0.4, -0.2) is 68.5 Å². The first-order chi connectivity index (χ1) is 20.6. The Labute approximate surface area is 250 Å². The molecule has 0 spiro atoms. The fraction of sp³-hybridized carbons (Fsp3) is 0.531. The van der Waals surface area contributed by atoms with Crippen LogP contribution < -0.4 is 10.2 Å². The zero-order valence-corrected chi connectivity index (χ0v) is 25.4. The van der Waals surface area contributed by atoms with Gasteiger partial charge in [0.15, 0.2) is 23.5 Å². The Kier molecular flexibility index (Phi) is 6.95. The van der Waals surface area contributed by atoms with Gasteiger partial charge in [0.25, 0.3) is 0 Å². The zero-order chi connectivity index (χ0) is 29.9. The van der Waals surface area contributed by atoms with Crippen LogP contribution in [0.2, 0.25) is 0 Å². The molecule has 5 heterocycles. The lowest BCUT2D eigenvalue weighted by Gasteiger charge is -2.37. The summed E-state index contributed by atoms with van der Waals surface area (Å²) in [5.74, 6) is 0.780. The fourth-order valence-corrected chi connectivity index (χ4v) is 6.26. The number of nitrogens with zero attached hydrogens (tertiary/aromatic N) is 6. The van der Waals surface area contributed by atoms with E-state index < -0.39 is 5.60 Å². The van der Waals surface area contributed by atoms with Gasteiger partial charge in [-0.3, -0.25) is 0 Å². The van der Waals surface area contributed by atoms with Crippen LogP contribution in [0.5, 0.6) is 0 Å². The number of nitrogens with one attached hydrogen (secondary N) is 1. The molecule has 0 radical (unpaired) electrons. The summed E-state index contributed by atoms with van der Waals surface area (Å²) in [5.41, 5.74) is 4.57. The second kappa shape index (κ2) is 10.7. The molecule has 1 aliphatic carbocycles. The summed E-state index contributed by atoms with van der Waals surface area (Å²) in [7, 11) is 0. The van der Waals surface area contributed by atoms with Gasteiger partial charge in [-0.25, -0.2) is 18.9 Å². The lowest BCUT2D eigenvalue weighted by molar-refractivity contribution is -0.0365. The normalized spacial score (nSPS) is 19.8. The largest absolute Gasteiger partial charge is 0.444 e. The number of carbonyl (C=O) groups excluding carboxylic acids is 1. The molecule has 3 aliphatic rings. The van der Waals surface area contributed by atoms with Crippen molar-refractivity contribution in [2.24, 2.45) is 0 Å². The van der Waals surface area contributed by atoms with Gasteiger partial charge in [0.1, 0.15) is 5.60 Å². The molecule has 2 saturated heterocycles. The van der Waals surface area contributed by atoms with E-state index in [1.54, 1.807) is 9.30 Å². The third kappa shape index (κ3) is 5.62. The van der Waals surface area contributed by atoms with Gasteiger partial charge < -0.3 is 29.0 Å². The number of anilines is 3. The third-order valence-corrected chi connectivity index (χ3v) is 8.46. The van der Waals surface area contributed by atoms with E-state index in [2.05, 4.69) is 27.3 Å². The number of aromatic nitrogens is 4. The number of carbonyl (C=O) groups is 1. The van der Waals surface area contributed by atoms with E-state index in [4.69, 9.17) is 14.6 Å². The number of amides is 1. The first-order valence-electron chi connectivity index (χ1n) is 15.5. The summed E-state index contributed by atoms with van der Waals surface area (Å²) in [6.07, 6.45) is 8.54. The Bertz CT molecular complexity index is 1670. The van der Waals surface area contributed by atoms with Gasteiger partial charge in [0, 0.05) is 62.3 Å². The first kappa shape index (κ1) is 27.9. The summed E-state index contributed by atoms with van der Waals surface area (Å²) in [4.78, 5) is 21.1. The van der Waals surface area contributed by atoms with Gasteiger partial charge >= 0.3 is 6.09 Å². The number of fused-ring (bicyclic) bond motifs is 2. The van der Waals surface area contributed by atoms with Gasteiger partial charge in [-0.05, 0) is 83.4 Å². The van der Waals surface area contributed by atoms with Crippen LogP contribution in [0.4, 0.5) is 26.4 Å². The number of piperazine rings is 1. The van der Waals surface area contributed by atoms with Gasteiger partial charge in [-0.1, -0.05) is 0 Å². The molecule has 4 aromatic rings. The van der Waals surface area contributed by atoms with Crippen molar-refractivity contribution in [3.8, 4) is 0 Å². The van der Waals surface area contributed by atoms with E-state index in [1.807, 2.05) is 44.8 Å². The van der Waals surface area contributed by atoms with E-state index in [1.165, 1.54) is 11.6 Å². The molecule has 0 bridgehead atoms. The quantitative estimate of drug-likeness (QED) is 0.284. The van der Waals surface area contributed by atoms with Crippen LogP contribution in [0, 0.1) is 12.7 Å². The molecule has 7 rings (SSSR count). The van der Waals surface area contributed by atoms with Crippen LogP contribution in [-0.2, 0) is 9.47 Å². The molecule has 1 atom stereocenters. The van der Waals surface area contributed by atoms with Gasteiger partial charge in [0.05, 0.1) is 16.9 Å². The van der Waals surface area contributed by atoms with Crippen molar-refractivity contribution in [3.63, 3.8) is 0 Å². The molecule has 11 heteroatoms. The summed E-state index contributed by atoms with van der Waals surface area (Å²) >= 11 is 0. The highest BCUT2D eigenvalue weighted by Crippen LogP contribution is 2.47. The average Bonchev–Trinajstić information content (AvgIpc) is 3.66. The molecular weight excluding hydrogens is 549 g/mol. The SMILES string of the molecule is Cc1cn2cc(Nc3nn(C4CCCCO4)c4cc(N5CCN(C(=O)OC(C)(C)C)CC5)cc(C5CC5)c34)cc(F)c2n1. The van der Waals surface area contributed by atoms with Gasteiger partial charge in [-0.15, -0.1) is 0 Å². The van der Waals surface area contributed by atoms with E-state index in [-0.39, 0.29) is 18.1 Å². The van der Waals surface area contributed by atoms with Crippen molar-refractivity contribution in [3.05, 3.63) is 47.7 Å². The highest BCUT2D eigenvalue weighted by atomic mass is 19.1. The molecule has 3 fully saturated rings. The predicted octanol–water partition coefficient (Wildman–Crippen LogP) is 6.51. The number of pyridine rings is 1. The molecule has 1 saturated carbocycles. The van der Waals surface area contributed by atoms with Crippen molar-refractivity contribution in [1.29, 1.82) is 0 Å². The zero-order valence-electron chi connectivity index (χ0n) is 25.4. The smallest absolute Gasteiger partial charge is 0.410 e. The van der Waals surface area contributed by atoms with E-state index in [0.29, 0.717) is 42.8 Å². The van der Waals surface area contributed by atoms with Crippen LogP contribution in [0.1, 0.15) is 76.3 Å². The van der Waals surface area contributed by atoms with Crippen molar-refractivity contribution < 1.29 is 18.7 Å². The van der Waals surface area contributed by atoms with Gasteiger partial charge in [0.2, 0.25) is 0 Å². The van der Waals surface area contributed by atoms with E-state index in [9.17, 15) is 4.79 Å². The monoisotopic (exact) mass is 589 g/mol. The topological polar surface area (TPSA) is 89.2 Å². The maximum absolute atomic E-state index is 15.0. The molecule has 1 N–H and O–H groups in total. The summed E-state index contributed by atoms with van der Waals surface area (Å²) in [6, 6.07) is 5.99. The molecule has 3 aromatic heterocycles. The Balaban J connectivity index is 1.25. The van der Waals surface area contributed by atoms with Crippen LogP contribution in [0.3, 0.4) is 0 Å². The number of ether oxygens (including phenoxy) is 2.